The van der Waals surface area contributed by atoms with Crippen LogP contribution < -0.4 is 0 Å². The van der Waals surface area contributed by atoms with Crippen molar-refractivity contribution in [3.63, 3.8) is 0 Å². The van der Waals surface area contributed by atoms with E-state index in [1.807, 2.05) is 56.6 Å². The first-order valence-electron chi connectivity index (χ1n) is 10.1. The predicted molar refractivity (Wildman–Crippen MR) is 117 cm³/mol. The molecule has 0 aliphatic carbocycles. The molecular weight excluding hydrogens is 395 g/mol. The maximum atomic E-state index is 13.9. The van der Waals surface area contributed by atoms with Crippen molar-refractivity contribution in [2.24, 2.45) is 7.05 Å². The van der Waals surface area contributed by atoms with Crippen molar-refractivity contribution >= 4 is 16.8 Å². The average molecular weight is 420 g/mol. The van der Waals surface area contributed by atoms with Crippen LogP contribution in [0, 0.1) is 12.7 Å². The molecule has 0 saturated heterocycles. The zero-order valence-corrected chi connectivity index (χ0v) is 17.8. The first-order valence-corrected chi connectivity index (χ1v) is 10.1. The van der Waals surface area contributed by atoms with Crippen LogP contribution in [0.4, 0.5) is 4.39 Å². The van der Waals surface area contributed by atoms with E-state index in [0.29, 0.717) is 13.1 Å². The second-order valence-electron chi connectivity index (χ2n) is 7.63. The van der Waals surface area contributed by atoms with Gasteiger partial charge in [-0.2, -0.15) is 5.10 Å². The van der Waals surface area contributed by atoms with E-state index in [2.05, 4.69) is 10.1 Å². The fraction of sp³-hybridized carbons (Fsp3) is 0.250. The molecule has 1 amide bonds. The van der Waals surface area contributed by atoms with Crippen LogP contribution in [0.15, 0.2) is 60.8 Å². The number of aromatic amines is 1. The van der Waals surface area contributed by atoms with Crippen LogP contribution >= 0.6 is 0 Å². The van der Waals surface area contributed by atoms with Crippen molar-refractivity contribution < 1.29 is 13.9 Å². The summed E-state index contributed by atoms with van der Waals surface area (Å²) in [4.78, 5) is 18.4. The number of carbonyl (C=O) groups is 1. The Balaban J connectivity index is 1.69. The Hall–Kier alpha value is -3.45. The normalized spacial score (nSPS) is 12.3. The Labute approximate surface area is 180 Å². The topological polar surface area (TPSA) is 63.1 Å². The summed E-state index contributed by atoms with van der Waals surface area (Å²) in [6.07, 6.45) is 1.08. The molecule has 0 bridgehead atoms. The minimum atomic E-state index is -0.743. The van der Waals surface area contributed by atoms with Gasteiger partial charge in [-0.05, 0) is 42.3 Å². The summed E-state index contributed by atoms with van der Waals surface area (Å²) in [6.45, 7) is 2.58. The van der Waals surface area contributed by atoms with Crippen LogP contribution in [-0.4, -0.2) is 32.7 Å². The number of methoxy groups -OCH3 is 1. The third-order valence-electron chi connectivity index (χ3n) is 5.48. The quantitative estimate of drug-likeness (QED) is 0.486. The van der Waals surface area contributed by atoms with Crippen LogP contribution in [-0.2, 0) is 29.7 Å². The highest BCUT2D eigenvalue weighted by molar-refractivity contribution is 5.85. The van der Waals surface area contributed by atoms with E-state index in [9.17, 15) is 9.18 Å². The number of H-pyrrole nitrogens is 1. The molecule has 1 unspecified atom stereocenters. The summed E-state index contributed by atoms with van der Waals surface area (Å²) in [6, 6.07) is 16.0. The number of halogens is 1. The fourth-order valence-electron chi connectivity index (χ4n) is 3.78. The monoisotopic (exact) mass is 420 g/mol. The average Bonchev–Trinajstić information content (AvgIpc) is 3.30. The van der Waals surface area contributed by atoms with E-state index >= 15 is 0 Å². The van der Waals surface area contributed by atoms with E-state index in [1.165, 1.54) is 19.2 Å². The molecule has 0 radical (unpaired) electrons. The number of fused-ring (bicyclic) bond motifs is 1. The molecule has 1 atom stereocenters. The summed E-state index contributed by atoms with van der Waals surface area (Å²) in [5, 5.41) is 5.26. The first-order chi connectivity index (χ1) is 15.0. The van der Waals surface area contributed by atoms with Crippen molar-refractivity contribution in [1.82, 2.24) is 19.7 Å². The van der Waals surface area contributed by atoms with Gasteiger partial charge in [-0.1, -0.05) is 30.3 Å². The maximum absolute atomic E-state index is 13.9. The molecule has 4 aromatic rings. The van der Waals surface area contributed by atoms with Crippen LogP contribution in [0.1, 0.15) is 28.6 Å². The minimum absolute atomic E-state index is 0.178. The Morgan fingerprint density at radius 1 is 1.19 bits per heavy atom. The van der Waals surface area contributed by atoms with Crippen molar-refractivity contribution in [2.45, 2.75) is 26.1 Å². The number of nitrogens with zero attached hydrogens (tertiary/aromatic N) is 3. The second kappa shape index (κ2) is 8.73. The molecule has 2 aromatic carbocycles. The molecule has 1 N–H and O–H groups in total. The molecule has 0 aliphatic heterocycles. The third-order valence-corrected chi connectivity index (χ3v) is 5.48. The molecule has 0 aliphatic rings. The van der Waals surface area contributed by atoms with Gasteiger partial charge in [0.25, 0.3) is 5.91 Å². The molecule has 7 heteroatoms. The lowest BCUT2D eigenvalue weighted by atomic mass is 10.1. The van der Waals surface area contributed by atoms with Gasteiger partial charge in [-0.15, -0.1) is 0 Å². The van der Waals surface area contributed by atoms with Crippen LogP contribution in [0.3, 0.4) is 0 Å². The molecule has 2 heterocycles. The number of hydrogen-bond acceptors (Lipinski definition) is 3. The van der Waals surface area contributed by atoms with Gasteiger partial charge in [-0.3, -0.25) is 9.48 Å². The number of ether oxygens (including phenoxy) is 1. The zero-order valence-electron chi connectivity index (χ0n) is 17.8. The fourth-order valence-corrected chi connectivity index (χ4v) is 3.78. The summed E-state index contributed by atoms with van der Waals surface area (Å²) >= 11 is 0. The lowest BCUT2D eigenvalue weighted by molar-refractivity contribution is -0.143. The molecule has 31 heavy (non-hydrogen) atoms. The molecule has 6 nitrogen and oxygen atoms in total. The number of benzene rings is 2. The largest absolute Gasteiger partial charge is 0.367 e. The Morgan fingerprint density at radius 3 is 2.65 bits per heavy atom. The number of aromatic nitrogens is 3. The second-order valence-corrected chi connectivity index (χ2v) is 7.63. The van der Waals surface area contributed by atoms with Gasteiger partial charge in [-0.25, -0.2) is 4.39 Å². The van der Waals surface area contributed by atoms with Crippen molar-refractivity contribution in [1.29, 1.82) is 0 Å². The minimum Gasteiger partial charge on any atom is -0.367 e. The molecule has 0 saturated carbocycles. The van der Waals surface area contributed by atoms with Gasteiger partial charge in [0.15, 0.2) is 6.10 Å². The third kappa shape index (κ3) is 4.36. The highest BCUT2D eigenvalue weighted by Gasteiger charge is 2.27. The van der Waals surface area contributed by atoms with E-state index in [0.717, 1.165) is 33.4 Å². The number of hydrogen-bond donors (Lipinski definition) is 1. The molecular formula is C24H25FN4O2. The Morgan fingerprint density at radius 2 is 1.97 bits per heavy atom. The number of aryl methyl sites for hydroxylation is 2. The summed E-state index contributed by atoms with van der Waals surface area (Å²) in [5.74, 6) is -0.492. The van der Waals surface area contributed by atoms with Gasteiger partial charge >= 0.3 is 0 Å². The van der Waals surface area contributed by atoms with Gasteiger partial charge in [0, 0.05) is 43.5 Å². The molecule has 0 fully saturated rings. The zero-order chi connectivity index (χ0) is 22.0. The smallest absolute Gasteiger partial charge is 0.256 e. The van der Waals surface area contributed by atoms with Gasteiger partial charge in [0.2, 0.25) is 0 Å². The summed E-state index contributed by atoms with van der Waals surface area (Å²) < 4.78 is 21.2. The molecule has 160 valence electrons. The number of amides is 1. The Kier molecular flexibility index (Phi) is 5.86. The van der Waals surface area contributed by atoms with E-state index in [1.54, 1.807) is 15.6 Å². The molecule has 4 rings (SSSR count). The standard InChI is InChI=1S/C24H25FN4O2/c1-16-11-20(27-28(16)2)15-29(24(30)23(31-3)17-7-5-4-6-8-17)14-18-13-26-22-10-9-19(25)12-21(18)22/h4-13,23,26H,14-15H2,1-3H3. The van der Waals surface area contributed by atoms with Crippen molar-refractivity contribution in [2.75, 3.05) is 7.11 Å². The van der Waals surface area contributed by atoms with Crippen LogP contribution in [0.5, 0.6) is 0 Å². The van der Waals surface area contributed by atoms with Crippen LogP contribution in [0.2, 0.25) is 0 Å². The summed E-state index contributed by atoms with van der Waals surface area (Å²) in [7, 11) is 3.40. The van der Waals surface area contributed by atoms with Gasteiger partial charge in [0.05, 0.1) is 12.2 Å². The molecule has 2 aromatic heterocycles. The maximum Gasteiger partial charge on any atom is 0.256 e. The predicted octanol–water partition coefficient (Wildman–Crippen LogP) is 4.27. The first kappa shape index (κ1) is 20.8. The SMILES string of the molecule is COC(C(=O)N(Cc1cc(C)n(C)n1)Cc1c[nH]c2ccc(F)cc12)c1ccccc1. The number of carbonyl (C=O) groups excluding carboxylic acids is 1. The number of rotatable bonds is 7. The van der Waals surface area contributed by atoms with E-state index in [4.69, 9.17) is 4.74 Å². The van der Waals surface area contributed by atoms with E-state index in [-0.39, 0.29) is 11.7 Å². The Bertz CT molecular complexity index is 1180. The summed E-state index contributed by atoms with van der Waals surface area (Å²) in [5.41, 5.74) is 4.22. The van der Waals surface area contributed by atoms with E-state index < -0.39 is 6.10 Å². The molecule has 0 spiro atoms. The lowest BCUT2D eigenvalue weighted by Gasteiger charge is -2.26. The highest BCUT2D eigenvalue weighted by Crippen LogP contribution is 2.25. The van der Waals surface area contributed by atoms with Crippen molar-refractivity contribution in [3.8, 4) is 0 Å². The lowest BCUT2D eigenvalue weighted by Crippen LogP contribution is -2.35. The highest BCUT2D eigenvalue weighted by atomic mass is 19.1. The van der Waals surface area contributed by atoms with Gasteiger partial charge < -0.3 is 14.6 Å². The van der Waals surface area contributed by atoms with Gasteiger partial charge in [0.1, 0.15) is 5.82 Å². The number of nitrogens with one attached hydrogen (secondary N) is 1. The van der Waals surface area contributed by atoms with Crippen LogP contribution in [0.25, 0.3) is 10.9 Å². The van der Waals surface area contributed by atoms with Crippen molar-refractivity contribution in [3.05, 3.63) is 89.1 Å².